The molecule has 1 N–H and O–H groups in total. The third kappa shape index (κ3) is 3.87. The van der Waals surface area contributed by atoms with E-state index in [4.69, 9.17) is 9.26 Å². The van der Waals surface area contributed by atoms with Crippen molar-refractivity contribution in [3.63, 3.8) is 0 Å². The van der Waals surface area contributed by atoms with E-state index >= 15 is 0 Å². The molecule has 0 aliphatic carbocycles. The van der Waals surface area contributed by atoms with Crippen LogP contribution in [0.25, 0.3) is 11.5 Å². The Bertz CT molecular complexity index is 760. The number of aromatic nitrogens is 2. The zero-order valence-electron chi connectivity index (χ0n) is 16.4. The first kappa shape index (κ1) is 18.4. The second kappa shape index (κ2) is 6.91. The molecule has 2 aliphatic heterocycles. The Balaban J connectivity index is 1.44. The number of aliphatic hydroxyl groups is 1. The van der Waals surface area contributed by atoms with Crippen LogP contribution in [0.1, 0.15) is 46.5 Å². The molecule has 0 unspecified atom stereocenters. The molecule has 146 valence electrons. The fourth-order valence-corrected chi connectivity index (χ4v) is 4.17. The number of anilines is 1. The summed E-state index contributed by atoms with van der Waals surface area (Å²) in [6.07, 6.45) is 2.97. The molecule has 0 bridgehead atoms. The maximum absolute atomic E-state index is 10.4. The Kier molecular flexibility index (Phi) is 4.72. The van der Waals surface area contributed by atoms with Gasteiger partial charge in [0.25, 0.3) is 11.8 Å². The molecule has 0 saturated carbocycles. The summed E-state index contributed by atoms with van der Waals surface area (Å²) in [5.41, 5.74) is 0.721. The van der Waals surface area contributed by atoms with Crippen molar-refractivity contribution in [2.24, 2.45) is 5.41 Å². The van der Waals surface area contributed by atoms with Gasteiger partial charge in [-0.1, -0.05) is 39.0 Å². The number of benzene rings is 1. The third-order valence-corrected chi connectivity index (χ3v) is 5.85. The lowest BCUT2D eigenvalue weighted by atomic mass is 9.76. The van der Waals surface area contributed by atoms with Gasteiger partial charge in [-0.05, 0) is 35.5 Å². The van der Waals surface area contributed by atoms with Crippen LogP contribution in [-0.2, 0) is 4.74 Å². The van der Waals surface area contributed by atoms with Gasteiger partial charge in [-0.25, -0.2) is 0 Å². The first-order valence-electron chi connectivity index (χ1n) is 9.85. The van der Waals surface area contributed by atoms with Gasteiger partial charge in [-0.3, -0.25) is 0 Å². The van der Waals surface area contributed by atoms with Crippen LogP contribution in [0.2, 0.25) is 0 Å². The number of nitrogens with zero attached hydrogens (tertiary/aromatic N) is 3. The molecule has 6 heteroatoms. The number of hydrogen-bond donors (Lipinski definition) is 1. The first-order chi connectivity index (χ1) is 12.8. The molecular formula is C21H29N3O3. The lowest BCUT2D eigenvalue weighted by Gasteiger charge is -2.50. The van der Waals surface area contributed by atoms with Crippen LogP contribution in [-0.4, -0.2) is 46.1 Å². The van der Waals surface area contributed by atoms with E-state index in [0.717, 1.165) is 44.3 Å². The highest BCUT2D eigenvalue weighted by atomic mass is 16.5. The van der Waals surface area contributed by atoms with E-state index in [1.54, 1.807) is 0 Å². The highest BCUT2D eigenvalue weighted by Gasteiger charge is 2.46. The van der Waals surface area contributed by atoms with E-state index in [1.807, 2.05) is 30.3 Å². The van der Waals surface area contributed by atoms with Crippen LogP contribution in [0.3, 0.4) is 0 Å². The zero-order chi connectivity index (χ0) is 19.1. The average molecular weight is 371 g/mol. The smallest absolute Gasteiger partial charge is 0.266 e. The number of aliphatic hydroxyl groups excluding tert-OH is 1. The predicted molar refractivity (Wildman–Crippen MR) is 103 cm³/mol. The number of ether oxygens (including phenoxy) is 1. The molecule has 6 nitrogen and oxygen atoms in total. The Labute approximate surface area is 160 Å². The molecule has 2 fully saturated rings. The van der Waals surface area contributed by atoms with Gasteiger partial charge in [-0.2, -0.15) is 4.98 Å². The van der Waals surface area contributed by atoms with Gasteiger partial charge >= 0.3 is 0 Å². The number of rotatable bonds is 2. The van der Waals surface area contributed by atoms with Crippen LogP contribution in [0.15, 0.2) is 34.9 Å². The molecule has 27 heavy (non-hydrogen) atoms. The van der Waals surface area contributed by atoms with Crippen LogP contribution in [0.4, 0.5) is 5.95 Å². The molecule has 1 aromatic carbocycles. The summed E-state index contributed by atoms with van der Waals surface area (Å²) in [7, 11) is 0. The van der Waals surface area contributed by atoms with E-state index in [2.05, 4.69) is 35.8 Å². The SMILES string of the molecule is CC(C)(C)[C@H]1C[C@@H](O)CC2(CCN(c3noc(-c4ccccc4)n3)CC2)O1. The maximum Gasteiger partial charge on any atom is 0.266 e. The van der Waals surface area contributed by atoms with Crippen molar-refractivity contribution in [3.8, 4) is 11.5 Å². The monoisotopic (exact) mass is 371 g/mol. The van der Waals surface area contributed by atoms with Crippen molar-refractivity contribution in [1.29, 1.82) is 0 Å². The van der Waals surface area contributed by atoms with E-state index in [-0.39, 0.29) is 23.2 Å². The Morgan fingerprint density at radius 3 is 2.52 bits per heavy atom. The number of hydrogen-bond acceptors (Lipinski definition) is 6. The van der Waals surface area contributed by atoms with E-state index in [1.165, 1.54) is 0 Å². The van der Waals surface area contributed by atoms with Gasteiger partial charge in [0.15, 0.2) is 0 Å². The van der Waals surface area contributed by atoms with E-state index in [0.29, 0.717) is 11.8 Å². The molecule has 2 aromatic rings. The lowest BCUT2D eigenvalue weighted by molar-refractivity contribution is -0.199. The molecule has 2 atom stereocenters. The fraction of sp³-hybridized carbons (Fsp3) is 0.619. The standard InChI is InChI=1S/C21H29N3O3/c1-20(2,3)17-13-16(25)14-21(26-17)9-11-24(12-10-21)19-22-18(27-23-19)15-7-5-4-6-8-15/h4-8,16-17,25H,9-14H2,1-3H3/t16-,17-/m1/s1. The molecule has 1 aromatic heterocycles. The minimum absolute atomic E-state index is 0.0315. The fourth-order valence-electron chi connectivity index (χ4n) is 4.17. The normalized spacial score (nSPS) is 25.7. The molecule has 1 spiro atoms. The molecule has 3 heterocycles. The van der Waals surface area contributed by atoms with Crippen LogP contribution < -0.4 is 4.90 Å². The molecular weight excluding hydrogens is 342 g/mol. The van der Waals surface area contributed by atoms with Crippen molar-refractivity contribution >= 4 is 5.95 Å². The average Bonchev–Trinajstić information content (AvgIpc) is 3.12. The topological polar surface area (TPSA) is 71.6 Å². The van der Waals surface area contributed by atoms with Gasteiger partial charge in [0, 0.05) is 31.5 Å². The van der Waals surface area contributed by atoms with Crippen LogP contribution >= 0.6 is 0 Å². The van der Waals surface area contributed by atoms with Crippen molar-refractivity contribution < 1.29 is 14.4 Å². The molecule has 2 saturated heterocycles. The van der Waals surface area contributed by atoms with Crippen LogP contribution in [0.5, 0.6) is 0 Å². The van der Waals surface area contributed by atoms with Gasteiger partial charge < -0.3 is 19.3 Å². The van der Waals surface area contributed by atoms with Crippen molar-refractivity contribution in [1.82, 2.24) is 10.1 Å². The highest BCUT2D eigenvalue weighted by Crippen LogP contribution is 2.42. The summed E-state index contributed by atoms with van der Waals surface area (Å²) in [5.74, 6) is 1.18. The largest absolute Gasteiger partial charge is 0.393 e. The number of piperidine rings is 1. The maximum atomic E-state index is 10.4. The summed E-state index contributed by atoms with van der Waals surface area (Å²) in [5, 5.41) is 14.6. The zero-order valence-corrected chi connectivity index (χ0v) is 16.4. The van der Waals surface area contributed by atoms with Crippen molar-refractivity contribution in [2.45, 2.75) is 64.3 Å². The molecule has 0 radical (unpaired) electrons. The second-order valence-corrected chi connectivity index (χ2v) is 9.00. The van der Waals surface area contributed by atoms with Crippen LogP contribution in [0, 0.1) is 5.41 Å². The molecule has 4 rings (SSSR count). The summed E-state index contributed by atoms with van der Waals surface area (Å²) >= 11 is 0. The lowest BCUT2D eigenvalue weighted by Crippen LogP contribution is -2.55. The minimum atomic E-state index is -0.288. The Morgan fingerprint density at radius 1 is 1.15 bits per heavy atom. The van der Waals surface area contributed by atoms with Crippen molar-refractivity contribution in [2.75, 3.05) is 18.0 Å². The van der Waals surface area contributed by atoms with Crippen molar-refractivity contribution in [3.05, 3.63) is 30.3 Å². The summed E-state index contributed by atoms with van der Waals surface area (Å²) in [4.78, 5) is 6.72. The Morgan fingerprint density at radius 2 is 1.85 bits per heavy atom. The first-order valence-corrected chi connectivity index (χ1v) is 9.85. The second-order valence-electron chi connectivity index (χ2n) is 9.00. The van der Waals surface area contributed by atoms with Gasteiger partial charge in [0.2, 0.25) is 0 Å². The third-order valence-electron chi connectivity index (χ3n) is 5.85. The van der Waals surface area contributed by atoms with Gasteiger partial charge in [0.1, 0.15) is 0 Å². The highest BCUT2D eigenvalue weighted by molar-refractivity contribution is 5.54. The summed E-state index contributed by atoms with van der Waals surface area (Å²) < 4.78 is 12.0. The summed E-state index contributed by atoms with van der Waals surface area (Å²) in [6, 6.07) is 9.82. The Hall–Kier alpha value is -1.92. The predicted octanol–water partition coefficient (Wildman–Crippen LogP) is 3.66. The quantitative estimate of drug-likeness (QED) is 0.869. The summed E-state index contributed by atoms with van der Waals surface area (Å²) in [6.45, 7) is 8.16. The van der Waals surface area contributed by atoms with E-state index in [9.17, 15) is 5.11 Å². The van der Waals surface area contributed by atoms with Gasteiger partial charge in [-0.15, -0.1) is 0 Å². The molecule has 0 amide bonds. The van der Waals surface area contributed by atoms with E-state index < -0.39 is 0 Å². The molecule has 2 aliphatic rings. The van der Waals surface area contributed by atoms with Gasteiger partial charge in [0.05, 0.1) is 17.8 Å². The minimum Gasteiger partial charge on any atom is -0.393 e.